The highest BCUT2D eigenvalue weighted by molar-refractivity contribution is 6.71. The van der Waals surface area contributed by atoms with Crippen molar-refractivity contribution in [3.63, 3.8) is 0 Å². The molecule has 0 nitrogen and oxygen atoms in total. The minimum absolute atomic E-state index is 0.532. The van der Waals surface area contributed by atoms with Crippen molar-refractivity contribution in [2.75, 3.05) is 0 Å². The predicted octanol–water partition coefficient (Wildman–Crippen LogP) is 8.56. The standard InChI is InChI=1S/C33H28Si/c1-3-9-23(10-4-1)25-15-17-28-29-18-16-26(24-11-5-2-6-12-24)22-31(29)33(30(28)21-25)32-19-20-34(32)27-13-7-8-14-27/h1-13,15-18,21-22,32-34H,14,19-20H2. The fraction of sp³-hybridized carbons (Fsp3) is 0.152. The highest BCUT2D eigenvalue weighted by Crippen LogP contribution is 2.58. The van der Waals surface area contributed by atoms with Crippen LogP contribution in [0.1, 0.15) is 29.9 Å². The van der Waals surface area contributed by atoms with Gasteiger partial charge in [0.2, 0.25) is 0 Å². The van der Waals surface area contributed by atoms with Gasteiger partial charge < -0.3 is 0 Å². The topological polar surface area (TPSA) is 0 Å². The molecule has 164 valence electrons. The molecule has 0 radical (unpaired) electrons. The molecule has 1 saturated heterocycles. The third-order valence-corrected chi connectivity index (χ3v) is 12.4. The molecule has 7 rings (SSSR count). The summed E-state index contributed by atoms with van der Waals surface area (Å²) in [4.78, 5) is 0. The summed E-state index contributed by atoms with van der Waals surface area (Å²) >= 11 is 0. The van der Waals surface area contributed by atoms with Crippen LogP contribution in [-0.4, -0.2) is 8.80 Å². The first-order valence-corrected chi connectivity index (χ1v) is 14.7. The molecule has 0 N–H and O–H groups in total. The van der Waals surface area contributed by atoms with Gasteiger partial charge in [0.1, 0.15) is 0 Å². The number of allylic oxidation sites excluding steroid dienone is 4. The largest absolute Gasteiger partial charge is 0.0809 e. The first kappa shape index (κ1) is 20.0. The van der Waals surface area contributed by atoms with Gasteiger partial charge in [0.05, 0.1) is 8.80 Å². The number of hydrogen-bond acceptors (Lipinski definition) is 0. The molecular weight excluding hydrogens is 424 g/mol. The van der Waals surface area contributed by atoms with Crippen molar-refractivity contribution in [1.29, 1.82) is 0 Å². The van der Waals surface area contributed by atoms with Gasteiger partial charge in [0.25, 0.3) is 0 Å². The zero-order chi connectivity index (χ0) is 22.5. The van der Waals surface area contributed by atoms with E-state index < -0.39 is 8.80 Å². The van der Waals surface area contributed by atoms with Crippen molar-refractivity contribution < 1.29 is 0 Å². The zero-order valence-electron chi connectivity index (χ0n) is 19.3. The van der Waals surface area contributed by atoms with Gasteiger partial charge in [0, 0.05) is 5.92 Å². The van der Waals surface area contributed by atoms with E-state index in [1.807, 2.05) is 0 Å². The van der Waals surface area contributed by atoms with E-state index in [1.54, 1.807) is 16.3 Å². The first-order chi connectivity index (χ1) is 16.9. The minimum atomic E-state index is -0.919. The predicted molar refractivity (Wildman–Crippen MR) is 147 cm³/mol. The van der Waals surface area contributed by atoms with Crippen LogP contribution in [0.15, 0.2) is 120 Å². The quantitative estimate of drug-likeness (QED) is 0.272. The molecule has 2 unspecified atom stereocenters. The summed E-state index contributed by atoms with van der Waals surface area (Å²) in [6.07, 6.45) is 9.67. The minimum Gasteiger partial charge on any atom is -0.0809 e. The van der Waals surface area contributed by atoms with Crippen molar-refractivity contribution in [3.8, 4) is 33.4 Å². The molecular formula is C33H28Si. The van der Waals surface area contributed by atoms with Crippen molar-refractivity contribution in [2.45, 2.75) is 30.3 Å². The Labute approximate surface area is 203 Å². The van der Waals surface area contributed by atoms with Crippen LogP contribution in [-0.2, 0) is 0 Å². The van der Waals surface area contributed by atoms with Crippen LogP contribution in [0.5, 0.6) is 0 Å². The number of benzene rings is 4. The molecule has 0 aromatic heterocycles. The Kier molecular flexibility index (Phi) is 4.77. The summed E-state index contributed by atoms with van der Waals surface area (Å²) < 4.78 is 0. The van der Waals surface area contributed by atoms with Crippen molar-refractivity contribution in [1.82, 2.24) is 0 Å². The number of hydrogen-bond donors (Lipinski definition) is 0. The van der Waals surface area contributed by atoms with E-state index in [1.165, 1.54) is 52.3 Å². The molecule has 0 saturated carbocycles. The average molecular weight is 453 g/mol. The Morgan fingerprint density at radius 3 is 1.68 bits per heavy atom. The van der Waals surface area contributed by atoms with E-state index in [-0.39, 0.29) is 0 Å². The lowest BCUT2D eigenvalue weighted by atomic mass is 9.88. The van der Waals surface area contributed by atoms with Gasteiger partial charge >= 0.3 is 0 Å². The van der Waals surface area contributed by atoms with E-state index in [0.29, 0.717) is 5.92 Å². The lowest BCUT2D eigenvalue weighted by Crippen LogP contribution is -2.36. The van der Waals surface area contributed by atoms with E-state index in [0.717, 1.165) is 5.54 Å². The molecule has 1 fully saturated rings. The third-order valence-electron chi connectivity index (χ3n) is 8.31. The Morgan fingerprint density at radius 2 is 1.21 bits per heavy atom. The molecule has 1 aliphatic heterocycles. The summed E-state index contributed by atoms with van der Waals surface area (Å²) in [5.41, 5.74) is 12.2. The van der Waals surface area contributed by atoms with Crippen LogP contribution in [0.25, 0.3) is 33.4 Å². The van der Waals surface area contributed by atoms with Crippen molar-refractivity contribution in [3.05, 3.63) is 132 Å². The molecule has 1 heterocycles. The van der Waals surface area contributed by atoms with Gasteiger partial charge in [-0.15, -0.1) is 0 Å². The Hall–Kier alpha value is -3.42. The van der Waals surface area contributed by atoms with Crippen LogP contribution in [0, 0.1) is 0 Å². The Morgan fingerprint density at radius 1 is 0.618 bits per heavy atom. The van der Waals surface area contributed by atoms with E-state index in [2.05, 4.69) is 115 Å². The second-order valence-electron chi connectivity index (χ2n) is 10.0. The van der Waals surface area contributed by atoms with Crippen molar-refractivity contribution >= 4 is 8.80 Å². The molecule has 2 atom stereocenters. The van der Waals surface area contributed by atoms with E-state index >= 15 is 0 Å². The van der Waals surface area contributed by atoms with Crippen LogP contribution in [0.4, 0.5) is 0 Å². The van der Waals surface area contributed by atoms with Gasteiger partial charge in [-0.2, -0.15) is 0 Å². The molecule has 4 aromatic carbocycles. The second-order valence-corrected chi connectivity index (χ2v) is 13.4. The Balaban J connectivity index is 1.37. The molecule has 0 spiro atoms. The highest BCUT2D eigenvalue weighted by atomic mass is 28.3. The van der Waals surface area contributed by atoms with Crippen LogP contribution in [0.3, 0.4) is 0 Å². The molecule has 0 amide bonds. The molecule has 3 aliphatic rings. The third kappa shape index (κ3) is 3.19. The molecule has 4 aromatic rings. The molecule has 1 heteroatoms. The monoisotopic (exact) mass is 452 g/mol. The maximum absolute atomic E-state index is 2.52. The van der Waals surface area contributed by atoms with Crippen molar-refractivity contribution in [2.24, 2.45) is 0 Å². The highest BCUT2D eigenvalue weighted by Gasteiger charge is 2.45. The van der Waals surface area contributed by atoms with Crippen LogP contribution in [0.2, 0.25) is 11.6 Å². The van der Waals surface area contributed by atoms with Gasteiger partial charge in [-0.3, -0.25) is 0 Å². The summed E-state index contributed by atoms with van der Waals surface area (Å²) in [6, 6.07) is 37.7. The summed E-state index contributed by atoms with van der Waals surface area (Å²) in [5, 5.41) is 1.78. The lowest BCUT2D eigenvalue weighted by Gasteiger charge is -2.41. The molecule has 0 bridgehead atoms. The fourth-order valence-corrected chi connectivity index (χ4v) is 10.2. The fourth-order valence-electron chi connectivity index (χ4n) is 6.50. The van der Waals surface area contributed by atoms with Crippen LogP contribution >= 0.6 is 0 Å². The summed E-state index contributed by atoms with van der Waals surface area (Å²) in [7, 11) is -0.919. The van der Waals surface area contributed by atoms with Gasteiger partial charge in [-0.1, -0.05) is 121 Å². The lowest BCUT2D eigenvalue weighted by molar-refractivity contribution is 0.632. The average Bonchev–Trinajstić information content (AvgIpc) is 3.51. The van der Waals surface area contributed by atoms with Gasteiger partial charge in [0.15, 0.2) is 0 Å². The zero-order valence-corrected chi connectivity index (χ0v) is 20.5. The summed E-state index contributed by atoms with van der Waals surface area (Å²) in [5.74, 6) is 0.532. The first-order valence-electron chi connectivity index (χ1n) is 12.6. The second kappa shape index (κ2) is 8.11. The maximum Gasteiger partial charge on any atom is 0.0700 e. The number of rotatable bonds is 4. The van der Waals surface area contributed by atoms with E-state index in [4.69, 9.17) is 0 Å². The van der Waals surface area contributed by atoms with Gasteiger partial charge in [-0.25, -0.2) is 0 Å². The smallest absolute Gasteiger partial charge is 0.0700 e. The number of fused-ring (bicyclic) bond motifs is 3. The SMILES string of the molecule is C1=CCC([SiH]2CCC2C2c3cc(-c4ccccc4)ccc3-c3ccc(-c4ccccc4)cc32)=C1. The Bertz CT molecular complexity index is 1340. The maximum atomic E-state index is 2.52. The molecule has 2 aliphatic carbocycles. The van der Waals surface area contributed by atoms with Gasteiger partial charge in [-0.05, 0) is 68.6 Å². The van der Waals surface area contributed by atoms with Crippen LogP contribution < -0.4 is 0 Å². The normalized spacial score (nSPS) is 20.5. The summed E-state index contributed by atoms with van der Waals surface area (Å²) in [6.45, 7) is 0. The molecule has 34 heavy (non-hydrogen) atoms. The van der Waals surface area contributed by atoms with E-state index in [9.17, 15) is 0 Å².